The van der Waals surface area contributed by atoms with Gasteiger partial charge in [0.2, 0.25) is 0 Å². The van der Waals surface area contributed by atoms with Gasteiger partial charge in [-0.3, -0.25) is 0 Å². The van der Waals surface area contributed by atoms with Gasteiger partial charge in [0.1, 0.15) is 12.4 Å². The lowest BCUT2D eigenvalue weighted by atomic mass is 10.1. The van der Waals surface area contributed by atoms with Crippen LogP contribution in [-0.4, -0.2) is 11.1 Å². The van der Waals surface area contributed by atoms with Crippen molar-refractivity contribution < 1.29 is 14.6 Å². The number of aryl methyl sites for hydroxylation is 1. The van der Waals surface area contributed by atoms with E-state index in [1.54, 1.807) is 17.4 Å². The molecule has 0 saturated heterocycles. The van der Waals surface area contributed by atoms with Gasteiger partial charge in [-0.1, -0.05) is 15.9 Å². The quantitative estimate of drug-likeness (QED) is 0.657. The summed E-state index contributed by atoms with van der Waals surface area (Å²) in [7, 11) is 0. The fourth-order valence-corrected chi connectivity index (χ4v) is 3.80. The van der Waals surface area contributed by atoms with Crippen molar-refractivity contribution in [2.75, 3.05) is 0 Å². The predicted octanol–water partition coefficient (Wildman–Crippen LogP) is 5.26. The molecule has 0 amide bonds. The van der Waals surface area contributed by atoms with E-state index < -0.39 is 5.97 Å². The van der Waals surface area contributed by atoms with Crippen molar-refractivity contribution in [1.82, 2.24) is 0 Å². The molecule has 0 aliphatic heterocycles. The zero-order valence-electron chi connectivity index (χ0n) is 11.1. The van der Waals surface area contributed by atoms with E-state index in [9.17, 15) is 4.79 Å². The molecule has 0 bridgehead atoms. The van der Waals surface area contributed by atoms with Crippen LogP contribution in [0.4, 0.5) is 0 Å². The number of halogens is 2. The van der Waals surface area contributed by atoms with Gasteiger partial charge in [0, 0.05) is 21.0 Å². The van der Waals surface area contributed by atoms with Crippen LogP contribution >= 0.6 is 43.2 Å². The van der Waals surface area contributed by atoms with Crippen molar-refractivity contribution in [1.29, 1.82) is 0 Å². The molecule has 1 aromatic carbocycles. The third-order valence-electron chi connectivity index (χ3n) is 2.66. The van der Waals surface area contributed by atoms with Gasteiger partial charge >= 0.3 is 5.97 Å². The van der Waals surface area contributed by atoms with Gasteiger partial charge in [0.05, 0.1) is 3.79 Å². The van der Waals surface area contributed by atoms with Crippen LogP contribution in [0.25, 0.3) is 6.08 Å². The molecule has 1 heterocycles. The summed E-state index contributed by atoms with van der Waals surface area (Å²) >= 11 is 8.44. The van der Waals surface area contributed by atoms with Crippen LogP contribution in [0, 0.1) is 6.92 Å². The standard InChI is InChI=1S/C15H12Br2O3S/c1-9-6-11(16)7-10(2-5-14(18)19)15(9)20-8-12-3-4-13(17)21-12/h2-7H,8H2,1H3,(H,18,19)/b5-2+. The monoisotopic (exact) mass is 430 g/mol. The summed E-state index contributed by atoms with van der Waals surface area (Å²) < 4.78 is 7.82. The molecule has 1 N–H and O–H groups in total. The highest BCUT2D eigenvalue weighted by Crippen LogP contribution is 2.31. The molecule has 0 radical (unpaired) electrons. The summed E-state index contributed by atoms with van der Waals surface area (Å²) in [5.41, 5.74) is 1.69. The van der Waals surface area contributed by atoms with E-state index in [1.807, 2.05) is 31.2 Å². The van der Waals surface area contributed by atoms with Gasteiger partial charge in [-0.15, -0.1) is 11.3 Å². The van der Waals surface area contributed by atoms with E-state index >= 15 is 0 Å². The average Bonchev–Trinajstić information content (AvgIpc) is 2.80. The Morgan fingerprint density at radius 2 is 2.14 bits per heavy atom. The number of carboxylic acid groups (broad SMARTS) is 1. The highest BCUT2D eigenvalue weighted by Gasteiger charge is 2.09. The second kappa shape index (κ2) is 7.24. The Balaban J connectivity index is 2.26. The molecule has 3 nitrogen and oxygen atoms in total. The minimum absolute atomic E-state index is 0.451. The second-order valence-electron chi connectivity index (χ2n) is 4.31. The van der Waals surface area contributed by atoms with Crippen LogP contribution in [0.5, 0.6) is 5.75 Å². The number of benzene rings is 1. The number of carbonyl (C=O) groups is 1. The number of thiophene rings is 1. The van der Waals surface area contributed by atoms with Crippen molar-refractivity contribution in [3.63, 3.8) is 0 Å². The smallest absolute Gasteiger partial charge is 0.328 e. The van der Waals surface area contributed by atoms with Crippen molar-refractivity contribution in [2.24, 2.45) is 0 Å². The van der Waals surface area contributed by atoms with Crippen LogP contribution in [0.2, 0.25) is 0 Å². The van der Waals surface area contributed by atoms with E-state index in [-0.39, 0.29) is 0 Å². The summed E-state index contributed by atoms with van der Waals surface area (Å²) in [5, 5.41) is 8.77. The SMILES string of the molecule is Cc1cc(Br)cc(/C=C/C(=O)O)c1OCc1ccc(Br)s1. The predicted molar refractivity (Wildman–Crippen MR) is 91.9 cm³/mol. The molecule has 21 heavy (non-hydrogen) atoms. The first-order chi connectivity index (χ1) is 9.95. The summed E-state index contributed by atoms with van der Waals surface area (Å²) in [6, 6.07) is 7.75. The Kier molecular flexibility index (Phi) is 5.61. The molecule has 0 unspecified atom stereocenters. The maximum absolute atomic E-state index is 10.7. The van der Waals surface area contributed by atoms with Crippen molar-refractivity contribution in [3.8, 4) is 5.75 Å². The zero-order chi connectivity index (χ0) is 15.4. The van der Waals surface area contributed by atoms with Crippen LogP contribution in [0.1, 0.15) is 16.0 Å². The second-order valence-corrected chi connectivity index (χ2v) is 7.77. The van der Waals surface area contributed by atoms with E-state index in [0.29, 0.717) is 12.4 Å². The van der Waals surface area contributed by atoms with Gasteiger partial charge in [-0.25, -0.2) is 4.79 Å². The Labute approximate surface area is 143 Å². The van der Waals surface area contributed by atoms with Crippen LogP contribution in [0.3, 0.4) is 0 Å². The topological polar surface area (TPSA) is 46.5 Å². The molecule has 0 saturated carbocycles. The van der Waals surface area contributed by atoms with Crippen molar-refractivity contribution >= 4 is 55.2 Å². The first kappa shape index (κ1) is 16.3. The molecule has 0 atom stereocenters. The Bertz CT molecular complexity index is 692. The molecule has 2 rings (SSSR count). The maximum Gasteiger partial charge on any atom is 0.328 e. The molecule has 0 spiro atoms. The van der Waals surface area contributed by atoms with Crippen molar-refractivity contribution in [2.45, 2.75) is 13.5 Å². The molecule has 110 valence electrons. The minimum atomic E-state index is -0.985. The first-order valence-electron chi connectivity index (χ1n) is 6.04. The Morgan fingerprint density at radius 3 is 2.76 bits per heavy atom. The summed E-state index contributed by atoms with van der Waals surface area (Å²) in [6.07, 6.45) is 2.65. The molecule has 0 aliphatic carbocycles. The minimum Gasteiger partial charge on any atom is -0.487 e. The summed E-state index contributed by atoms with van der Waals surface area (Å²) in [4.78, 5) is 11.8. The normalized spacial score (nSPS) is 11.0. The van der Waals surface area contributed by atoms with Gasteiger partial charge < -0.3 is 9.84 Å². The Hall–Kier alpha value is -1.11. The van der Waals surface area contributed by atoms with E-state index in [2.05, 4.69) is 31.9 Å². The van der Waals surface area contributed by atoms with Crippen molar-refractivity contribution in [3.05, 3.63) is 54.6 Å². The third kappa shape index (κ3) is 4.69. The van der Waals surface area contributed by atoms with Gasteiger partial charge in [0.15, 0.2) is 0 Å². The molecule has 1 aromatic heterocycles. The van der Waals surface area contributed by atoms with Crippen LogP contribution < -0.4 is 4.74 Å². The zero-order valence-corrected chi connectivity index (χ0v) is 15.1. The Morgan fingerprint density at radius 1 is 1.38 bits per heavy atom. The maximum atomic E-state index is 10.7. The third-order valence-corrected chi connectivity index (χ3v) is 4.72. The lowest BCUT2D eigenvalue weighted by molar-refractivity contribution is -0.131. The number of rotatable bonds is 5. The molecular weight excluding hydrogens is 420 g/mol. The fourth-order valence-electron chi connectivity index (χ4n) is 1.81. The van der Waals surface area contributed by atoms with Gasteiger partial charge in [0.25, 0.3) is 0 Å². The number of hydrogen-bond donors (Lipinski definition) is 1. The molecule has 0 fully saturated rings. The fraction of sp³-hybridized carbons (Fsp3) is 0.133. The summed E-state index contributed by atoms with van der Waals surface area (Å²) in [6.45, 7) is 2.38. The number of ether oxygens (including phenoxy) is 1. The van der Waals surface area contributed by atoms with E-state index in [0.717, 1.165) is 30.3 Å². The first-order valence-corrected chi connectivity index (χ1v) is 8.44. The number of carboxylic acids is 1. The molecule has 0 aliphatic rings. The highest BCUT2D eigenvalue weighted by atomic mass is 79.9. The number of hydrogen-bond acceptors (Lipinski definition) is 3. The molecule has 2 aromatic rings. The highest BCUT2D eigenvalue weighted by molar-refractivity contribution is 9.11. The lowest BCUT2D eigenvalue weighted by Crippen LogP contribution is -1.98. The lowest BCUT2D eigenvalue weighted by Gasteiger charge is -2.12. The largest absolute Gasteiger partial charge is 0.487 e. The van der Waals surface area contributed by atoms with E-state index in [4.69, 9.17) is 9.84 Å². The number of aliphatic carboxylic acids is 1. The van der Waals surface area contributed by atoms with E-state index in [1.165, 1.54) is 0 Å². The average molecular weight is 432 g/mol. The molecule has 6 heteroatoms. The molecular formula is C15H12Br2O3S. The van der Waals surface area contributed by atoms with Gasteiger partial charge in [-0.2, -0.15) is 0 Å². The van der Waals surface area contributed by atoms with Crippen LogP contribution in [0.15, 0.2) is 38.6 Å². The van der Waals surface area contributed by atoms with Crippen LogP contribution in [-0.2, 0) is 11.4 Å². The van der Waals surface area contributed by atoms with Gasteiger partial charge in [-0.05, 0) is 58.8 Å². The summed E-state index contributed by atoms with van der Waals surface area (Å²) in [5.74, 6) is -0.291.